The van der Waals surface area contributed by atoms with Crippen LogP contribution < -0.4 is 9.67 Å². The molecule has 2 amide bonds. The molecule has 0 unspecified atom stereocenters. The average molecular weight is 499 g/mol. The minimum Gasteiger partial charge on any atom is -0.858 e. The van der Waals surface area contributed by atoms with E-state index >= 15 is 0 Å². The number of aryl methyl sites for hydroxylation is 2. The number of carbonyl (C=O) groups excluding carboxylic acids is 2. The molecule has 0 saturated carbocycles. The maximum Gasteiger partial charge on any atom is 0.326 e. The number of amides is 2. The van der Waals surface area contributed by atoms with Crippen molar-refractivity contribution in [2.45, 2.75) is 34.1 Å². The molecule has 176 valence electrons. The molecule has 1 aromatic carbocycles. The van der Waals surface area contributed by atoms with Crippen LogP contribution in [0.4, 0.5) is 0 Å². The minimum atomic E-state index is -0.498. The zero-order chi connectivity index (χ0) is 24.7. The molecular formula is C25H24Cl2N4O3. The lowest BCUT2D eigenvalue weighted by Gasteiger charge is -2.17. The van der Waals surface area contributed by atoms with Gasteiger partial charge in [0, 0.05) is 24.2 Å². The molecule has 0 aliphatic carbocycles. The van der Waals surface area contributed by atoms with Gasteiger partial charge < -0.3 is 5.11 Å². The number of imide groups is 1. The molecule has 0 N–H and O–H groups in total. The summed E-state index contributed by atoms with van der Waals surface area (Å²) >= 11 is 12.2. The van der Waals surface area contributed by atoms with Crippen LogP contribution in [0, 0.1) is 12.8 Å². The van der Waals surface area contributed by atoms with Crippen molar-refractivity contribution in [1.29, 1.82) is 0 Å². The Balaban J connectivity index is 1.97. The highest BCUT2D eigenvalue weighted by atomic mass is 35.5. The summed E-state index contributed by atoms with van der Waals surface area (Å²) in [6.45, 7) is 7.87. The van der Waals surface area contributed by atoms with E-state index in [-0.39, 0.29) is 34.3 Å². The van der Waals surface area contributed by atoms with Crippen LogP contribution in [0.2, 0.25) is 10.0 Å². The first-order valence-corrected chi connectivity index (χ1v) is 11.7. The number of halogens is 2. The Morgan fingerprint density at radius 3 is 2.32 bits per heavy atom. The average Bonchev–Trinajstić information content (AvgIpc) is 3.24. The largest absolute Gasteiger partial charge is 0.858 e. The number of hydrogen-bond acceptors (Lipinski definition) is 4. The third kappa shape index (κ3) is 4.10. The van der Waals surface area contributed by atoms with E-state index in [1.165, 1.54) is 15.6 Å². The van der Waals surface area contributed by atoms with Crippen molar-refractivity contribution in [2.75, 3.05) is 6.54 Å². The summed E-state index contributed by atoms with van der Waals surface area (Å²) in [5.41, 5.74) is 2.17. The Bertz CT molecular complexity index is 1330. The first-order chi connectivity index (χ1) is 16.1. The number of rotatable bonds is 6. The number of hydrogen-bond donors (Lipinski definition) is 0. The monoisotopic (exact) mass is 498 g/mol. The SMILES string of the molecule is CCc1nn(-c2ccc(Cl)c(Cl)c2)c([O-])c1C1=C([n+]2ccc(C)cc2)C(=O)N(CC(C)C)C1=O. The Morgan fingerprint density at radius 2 is 1.74 bits per heavy atom. The van der Waals surface area contributed by atoms with Gasteiger partial charge in [-0.15, -0.1) is 0 Å². The minimum absolute atomic E-state index is 0.0627. The Kier molecular flexibility index (Phi) is 6.51. The standard InChI is InChI=1S/C25H24Cl2N4O3/c1-5-19-20(24(33)31(28-19)16-6-7-17(26)18(27)12-16)21-22(29-10-8-15(4)9-11-29)25(34)30(23(21)32)13-14(2)3/h6-12,14H,5,13H2,1-4H3. The molecule has 0 spiro atoms. The van der Waals surface area contributed by atoms with Crippen LogP contribution in [0.15, 0.2) is 42.7 Å². The van der Waals surface area contributed by atoms with E-state index in [1.54, 1.807) is 29.1 Å². The predicted octanol–water partition coefficient (Wildman–Crippen LogP) is 3.80. The fourth-order valence-corrected chi connectivity index (χ4v) is 4.24. The maximum atomic E-state index is 13.6. The second-order valence-corrected chi connectivity index (χ2v) is 9.43. The van der Waals surface area contributed by atoms with Gasteiger partial charge in [0.05, 0.1) is 21.4 Å². The summed E-state index contributed by atoms with van der Waals surface area (Å²) in [5, 5.41) is 18.7. The van der Waals surface area contributed by atoms with E-state index in [9.17, 15) is 14.7 Å². The Labute approximate surface area is 207 Å². The highest BCUT2D eigenvalue weighted by Gasteiger charge is 2.46. The molecule has 0 saturated heterocycles. The van der Waals surface area contributed by atoms with Crippen molar-refractivity contribution in [2.24, 2.45) is 5.92 Å². The van der Waals surface area contributed by atoms with Crippen molar-refractivity contribution in [3.8, 4) is 11.6 Å². The van der Waals surface area contributed by atoms with Gasteiger partial charge >= 0.3 is 5.91 Å². The molecule has 0 fully saturated rings. The van der Waals surface area contributed by atoms with E-state index in [4.69, 9.17) is 23.2 Å². The molecule has 1 aliphatic heterocycles. The molecule has 1 aliphatic rings. The fraction of sp³-hybridized carbons (Fsp3) is 0.280. The van der Waals surface area contributed by atoms with Crippen LogP contribution in [0.3, 0.4) is 0 Å². The molecule has 9 heteroatoms. The van der Waals surface area contributed by atoms with Gasteiger partial charge in [-0.25, -0.2) is 4.68 Å². The van der Waals surface area contributed by atoms with Gasteiger partial charge in [-0.2, -0.15) is 9.67 Å². The van der Waals surface area contributed by atoms with Crippen LogP contribution in [0.5, 0.6) is 5.88 Å². The second kappa shape index (κ2) is 9.24. The second-order valence-electron chi connectivity index (χ2n) is 8.61. The van der Waals surface area contributed by atoms with E-state index in [0.717, 1.165) is 5.56 Å². The lowest BCUT2D eigenvalue weighted by atomic mass is 10.0. The number of benzene rings is 1. The zero-order valence-corrected chi connectivity index (χ0v) is 20.8. The van der Waals surface area contributed by atoms with E-state index in [0.29, 0.717) is 22.8 Å². The highest BCUT2D eigenvalue weighted by Crippen LogP contribution is 2.38. The van der Waals surface area contributed by atoms with Gasteiger partial charge in [0.25, 0.3) is 11.6 Å². The van der Waals surface area contributed by atoms with Gasteiger partial charge in [-0.1, -0.05) is 44.0 Å². The van der Waals surface area contributed by atoms with Crippen molar-refractivity contribution < 1.29 is 19.3 Å². The number of pyridine rings is 1. The topological polar surface area (TPSA) is 82.1 Å². The number of carbonyl (C=O) groups is 2. The molecule has 3 heterocycles. The fourth-order valence-electron chi connectivity index (χ4n) is 3.95. The number of aromatic nitrogens is 3. The predicted molar refractivity (Wildman–Crippen MR) is 128 cm³/mol. The summed E-state index contributed by atoms with van der Waals surface area (Å²) in [7, 11) is 0. The normalized spacial score (nSPS) is 14.1. The third-order valence-electron chi connectivity index (χ3n) is 5.59. The van der Waals surface area contributed by atoms with E-state index in [2.05, 4.69) is 5.10 Å². The van der Waals surface area contributed by atoms with Crippen LogP contribution in [0.1, 0.15) is 37.6 Å². The highest BCUT2D eigenvalue weighted by molar-refractivity contribution is 6.45. The van der Waals surface area contributed by atoms with Crippen molar-refractivity contribution in [1.82, 2.24) is 14.7 Å². The molecule has 7 nitrogen and oxygen atoms in total. The molecule has 34 heavy (non-hydrogen) atoms. The van der Waals surface area contributed by atoms with Crippen molar-refractivity contribution >= 4 is 46.3 Å². The lowest BCUT2D eigenvalue weighted by molar-refractivity contribution is -0.577. The van der Waals surface area contributed by atoms with Gasteiger partial charge in [0.1, 0.15) is 5.57 Å². The van der Waals surface area contributed by atoms with E-state index in [1.807, 2.05) is 39.8 Å². The lowest BCUT2D eigenvalue weighted by Crippen LogP contribution is -2.40. The maximum absolute atomic E-state index is 13.6. The van der Waals surface area contributed by atoms with Crippen LogP contribution in [-0.2, 0) is 16.0 Å². The van der Waals surface area contributed by atoms with Crippen LogP contribution in [-0.4, -0.2) is 33.0 Å². The van der Waals surface area contributed by atoms with Crippen LogP contribution in [0.25, 0.3) is 17.0 Å². The summed E-state index contributed by atoms with van der Waals surface area (Å²) < 4.78 is 2.79. The van der Waals surface area contributed by atoms with Crippen LogP contribution >= 0.6 is 23.2 Å². The summed E-state index contributed by atoms with van der Waals surface area (Å²) in [4.78, 5) is 28.2. The van der Waals surface area contributed by atoms with Gasteiger partial charge in [-0.3, -0.25) is 14.5 Å². The smallest absolute Gasteiger partial charge is 0.326 e. The quantitative estimate of drug-likeness (QED) is 0.382. The molecule has 3 aromatic rings. The number of nitrogens with zero attached hydrogens (tertiary/aromatic N) is 4. The first-order valence-electron chi connectivity index (χ1n) is 11.0. The van der Waals surface area contributed by atoms with Crippen molar-refractivity contribution in [3.63, 3.8) is 0 Å². The van der Waals surface area contributed by atoms with Gasteiger partial charge in [0.15, 0.2) is 12.4 Å². The summed E-state index contributed by atoms with van der Waals surface area (Å²) in [5.74, 6) is -1.37. The first kappa shape index (κ1) is 24.0. The molecule has 0 atom stereocenters. The van der Waals surface area contributed by atoms with Crippen molar-refractivity contribution in [3.05, 3.63) is 69.6 Å². The molecule has 0 bridgehead atoms. The molecule has 2 aromatic heterocycles. The zero-order valence-electron chi connectivity index (χ0n) is 19.3. The summed E-state index contributed by atoms with van der Waals surface area (Å²) in [6, 6.07) is 8.42. The van der Waals surface area contributed by atoms with Gasteiger partial charge in [-0.05, 0) is 48.9 Å². The Morgan fingerprint density at radius 1 is 1.06 bits per heavy atom. The van der Waals surface area contributed by atoms with Gasteiger partial charge in [0.2, 0.25) is 0 Å². The molecular weight excluding hydrogens is 475 g/mol. The molecule has 4 rings (SSSR count). The third-order valence-corrected chi connectivity index (χ3v) is 6.33. The van der Waals surface area contributed by atoms with E-state index < -0.39 is 17.7 Å². The Hall–Kier alpha value is -3.16. The molecule has 0 radical (unpaired) electrons. The summed E-state index contributed by atoms with van der Waals surface area (Å²) in [6.07, 6.45) is 3.82.